The molecule has 0 amide bonds. The second-order valence-corrected chi connectivity index (χ2v) is 8.35. The molecule has 32 heavy (non-hydrogen) atoms. The number of piperidine rings is 1. The van der Waals surface area contributed by atoms with Crippen LogP contribution < -0.4 is 10.1 Å². The van der Waals surface area contributed by atoms with Gasteiger partial charge in [-0.05, 0) is 67.2 Å². The van der Waals surface area contributed by atoms with Crippen molar-refractivity contribution < 1.29 is 31.8 Å². The maximum absolute atomic E-state index is 14.6. The van der Waals surface area contributed by atoms with Crippen molar-refractivity contribution in [2.45, 2.75) is 37.1 Å². The van der Waals surface area contributed by atoms with E-state index in [-0.39, 0.29) is 12.5 Å². The van der Waals surface area contributed by atoms with Crippen LogP contribution in [0.3, 0.4) is 0 Å². The Hall–Kier alpha value is -2.23. The van der Waals surface area contributed by atoms with Crippen LogP contribution in [0.5, 0.6) is 5.75 Å². The van der Waals surface area contributed by atoms with Crippen LogP contribution >= 0.6 is 0 Å². The fourth-order valence-corrected chi connectivity index (χ4v) is 4.37. The van der Waals surface area contributed by atoms with E-state index in [2.05, 4.69) is 5.32 Å². The number of rotatable bonds is 6. The molecule has 0 aromatic heterocycles. The summed E-state index contributed by atoms with van der Waals surface area (Å²) in [5.74, 6) is -1.78. The van der Waals surface area contributed by atoms with Gasteiger partial charge in [0.1, 0.15) is 6.10 Å². The fraction of sp³-hybridized carbons (Fsp3) is 0.478. The van der Waals surface area contributed by atoms with Gasteiger partial charge in [0, 0.05) is 13.1 Å². The number of halogens is 5. The van der Waals surface area contributed by atoms with Crippen molar-refractivity contribution in [1.29, 1.82) is 0 Å². The molecule has 2 heterocycles. The summed E-state index contributed by atoms with van der Waals surface area (Å²) >= 11 is 0. The zero-order chi connectivity index (χ0) is 22.9. The molecule has 2 aromatic carbocycles. The highest BCUT2D eigenvalue weighted by Crippen LogP contribution is 2.35. The molecule has 0 spiro atoms. The summed E-state index contributed by atoms with van der Waals surface area (Å²) in [7, 11) is 0. The van der Waals surface area contributed by atoms with Gasteiger partial charge in [0.05, 0.1) is 18.2 Å². The van der Waals surface area contributed by atoms with Gasteiger partial charge in [0.25, 0.3) is 0 Å². The second kappa shape index (κ2) is 9.33. The predicted octanol–water partition coefficient (Wildman–Crippen LogP) is 4.25. The molecule has 0 saturated carbocycles. The minimum absolute atomic E-state index is 0.113. The monoisotopic (exact) mass is 456 g/mol. The molecule has 2 aliphatic rings. The molecule has 2 N–H and O–H groups in total. The average molecular weight is 456 g/mol. The Kier molecular flexibility index (Phi) is 6.69. The van der Waals surface area contributed by atoms with Crippen molar-refractivity contribution >= 4 is 0 Å². The lowest BCUT2D eigenvalue weighted by molar-refractivity contribution is -0.137. The summed E-state index contributed by atoms with van der Waals surface area (Å²) in [6.45, 7) is 1.91. The number of likely N-dealkylation sites (tertiary alicyclic amines) is 1. The van der Waals surface area contributed by atoms with Gasteiger partial charge >= 0.3 is 6.18 Å². The molecule has 2 aromatic rings. The van der Waals surface area contributed by atoms with Gasteiger partial charge in [-0.25, -0.2) is 8.78 Å². The standard InChI is InChI=1S/C23H25F5N2O2/c24-19-9-16(14-5-7-29-8-6-14)10-20(25)22(19)32-18-11-30(12-18)21(13-31)15-1-3-17(4-2-15)23(26,27)28/h1-4,9-10,14,18,21,29,31H,5-8,11-13H2. The number of ether oxygens (including phenoxy) is 1. The lowest BCUT2D eigenvalue weighted by atomic mass is 9.90. The molecule has 174 valence electrons. The molecule has 9 heteroatoms. The fourth-order valence-electron chi connectivity index (χ4n) is 4.37. The number of nitrogens with one attached hydrogen (secondary N) is 1. The van der Waals surface area contributed by atoms with Crippen LogP contribution in [0, 0.1) is 11.6 Å². The molecule has 2 fully saturated rings. The Morgan fingerprint density at radius 1 is 1.03 bits per heavy atom. The van der Waals surface area contributed by atoms with Crippen molar-refractivity contribution in [3.8, 4) is 5.75 Å². The highest BCUT2D eigenvalue weighted by molar-refractivity contribution is 5.34. The Morgan fingerprint density at radius 3 is 2.16 bits per heavy atom. The van der Waals surface area contributed by atoms with E-state index in [9.17, 15) is 27.1 Å². The maximum Gasteiger partial charge on any atom is 0.416 e. The van der Waals surface area contributed by atoms with E-state index in [1.165, 1.54) is 24.3 Å². The third-order valence-electron chi connectivity index (χ3n) is 6.23. The highest BCUT2D eigenvalue weighted by Gasteiger charge is 2.36. The van der Waals surface area contributed by atoms with E-state index in [4.69, 9.17) is 4.74 Å². The third kappa shape index (κ3) is 4.89. The first-order chi connectivity index (χ1) is 15.3. The normalized spacial score (nSPS) is 19.6. The minimum atomic E-state index is -4.43. The molecular formula is C23H25F5N2O2. The van der Waals surface area contributed by atoms with Crippen molar-refractivity contribution in [1.82, 2.24) is 10.2 Å². The molecule has 0 bridgehead atoms. The molecular weight excluding hydrogens is 431 g/mol. The number of benzene rings is 2. The highest BCUT2D eigenvalue weighted by atomic mass is 19.4. The topological polar surface area (TPSA) is 44.7 Å². The van der Waals surface area contributed by atoms with Crippen LogP contribution in [0.15, 0.2) is 36.4 Å². The molecule has 0 radical (unpaired) electrons. The smallest absolute Gasteiger partial charge is 0.416 e. The third-order valence-corrected chi connectivity index (χ3v) is 6.23. The molecule has 0 aliphatic carbocycles. The summed E-state index contributed by atoms with van der Waals surface area (Å²) in [5, 5.41) is 13.0. The van der Waals surface area contributed by atoms with Gasteiger partial charge in [-0.2, -0.15) is 13.2 Å². The molecule has 2 saturated heterocycles. The van der Waals surface area contributed by atoms with Crippen molar-refractivity contribution in [3.63, 3.8) is 0 Å². The minimum Gasteiger partial charge on any atom is -0.482 e. The first kappa shape index (κ1) is 22.9. The van der Waals surface area contributed by atoms with Gasteiger partial charge in [-0.15, -0.1) is 0 Å². The number of alkyl halides is 3. The van der Waals surface area contributed by atoms with Crippen molar-refractivity contribution in [2.24, 2.45) is 0 Å². The number of aliphatic hydroxyl groups is 1. The van der Waals surface area contributed by atoms with E-state index in [0.29, 0.717) is 24.2 Å². The second-order valence-electron chi connectivity index (χ2n) is 8.35. The number of hydrogen-bond donors (Lipinski definition) is 2. The Bertz CT molecular complexity index is 900. The summed E-state index contributed by atoms with van der Waals surface area (Å²) in [6, 6.07) is 6.76. The lowest BCUT2D eigenvalue weighted by Crippen LogP contribution is -2.55. The van der Waals surface area contributed by atoms with Crippen LogP contribution in [0.25, 0.3) is 0 Å². The van der Waals surface area contributed by atoms with Crippen LogP contribution in [0.4, 0.5) is 22.0 Å². The maximum atomic E-state index is 14.6. The lowest BCUT2D eigenvalue weighted by Gasteiger charge is -2.43. The van der Waals surface area contributed by atoms with Gasteiger partial charge in [0.15, 0.2) is 17.4 Å². The van der Waals surface area contributed by atoms with Crippen LogP contribution in [0.2, 0.25) is 0 Å². The van der Waals surface area contributed by atoms with E-state index in [0.717, 1.165) is 38.1 Å². The molecule has 4 rings (SSSR count). The van der Waals surface area contributed by atoms with Crippen molar-refractivity contribution in [2.75, 3.05) is 32.8 Å². The summed E-state index contributed by atoms with van der Waals surface area (Å²) < 4.78 is 73.0. The molecule has 2 aliphatic heterocycles. The van der Waals surface area contributed by atoms with E-state index in [1.54, 1.807) is 4.90 Å². The zero-order valence-corrected chi connectivity index (χ0v) is 17.3. The first-order valence-electron chi connectivity index (χ1n) is 10.6. The van der Waals surface area contributed by atoms with Crippen LogP contribution in [-0.4, -0.2) is 48.9 Å². The van der Waals surface area contributed by atoms with Gasteiger partial charge in [-0.1, -0.05) is 12.1 Å². The zero-order valence-electron chi connectivity index (χ0n) is 17.3. The summed E-state index contributed by atoms with van der Waals surface area (Å²) in [4.78, 5) is 1.80. The van der Waals surface area contributed by atoms with Crippen molar-refractivity contribution in [3.05, 3.63) is 64.7 Å². The SMILES string of the molecule is OCC(c1ccc(C(F)(F)F)cc1)N1CC(Oc2c(F)cc(C3CCNCC3)cc2F)C1. The van der Waals surface area contributed by atoms with E-state index >= 15 is 0 Å². The average Bonchev–Trinajstić information content (AvgIpc) is 2.74. The van der Waals surface area contributed by atoms with Crippen LogP contribution in [0.1, 0.15) is 41.5 Å². The van der Waals surface area contributed by atoms with Gasteiger partial charge < -0.3 is 15.2 Å². The first-order valence-corrected chi connectivity index (χ1v) is 10.6. The predicted molar refractivity (Wildman–Crippen MR) is 108 cm³/mol. The van der Waals surface area contributed by atoms with Gasteiger partial charge in [-0.3, -0.25) is 4.90 Å². The number of aliphatic hydroxyl groups excluding tert-OH is 1. The molecule has 1 atom stereocenters. The largest absolute Gasteiger partial charge is 0.482 e. The Labute approximate surface area is 183 Å². The summed E-state index contributed by atoms with van der Waals surface area (Å²) in [6.07, 6.45) is -3.26. The van der Waals surface area contributed by atoms with E-state index < -0.39 is 41.3 Å². The molecule has 1 unspecified atom stereocenters. The van der Waals surface area contributed by atoms with E-state index in [1.807, 2.05) is 0 Å². The van der Waals surface area contributed by atoms with Gasteiger partial charge in [0.2, 0.25) is 0 Å². The number of nitrogens with zero attached hydrogens (tertiary/aromatic N) is 1. The molecule has 4 nitrogen and oxygen atoms in total. The number of hydrogen-bond acceptors (Lipinski definition) is 4. The van der Waals surface area contributed by atoms with Crippen LogP contribution in [-0.2, 0) is 6.18 Å². The Balaban J connectivity index is 1.38. The Morgan fingerprint density at radius 2 is 1.62 bits per heavy atom. The quantitative estimate of drug-likeness (QED) is 0.639. The summed E-state index contributed by atoms with van der Waals surface area (Å²) in [5.41, 5.74) is 0.399.